The van der Waals surface area contributed by atoms with Gasteiger partial charge in [-0.05, 0) is 75.8 Å². The van der Waals surface area contributed by atoms with Gasteiger partial charge in [0.2, 0.25) is 0 Å². The van der Waals surface area contributed by atoms with Crippen LogP contribution in [0.25, 0.3) is 0 Å². The average Bonchev–Trinajstić information content (AvgIpc) is 2.82. The SMILES string of the molecule is CCCCCCCCCN(C)CCCCCCN(C)CCCCCCCCC.CI.CI. The molecule has 0 saturated carbocycles. The number of alkyl halides is 2. The van der Waals surface area contributed by atoms with Gasteiger partial charge in [-0.2, -0.15) is 0 Å². The van der Waals surface area contributed by atoms with Crippen molar-refractivity contribution >= 4 is 45.2 Å². The van der Waals surface area contributed by atoms with Gasteiger partial charge in [-0.25, -0.2) is 0 Å². The van der Waals surface area contributed by atoms with Crippen molar-refractivity contribution in [2.75, 3.05) is 50.1 Å². The van der Waals surface area contributed by atoms with Crippen molar-refractivity contribution in [2.45, 2.75) is 129 Å². The van der Waals surface area contributed by atoms with Crippen molar-refractivity contribution in [3.8, 4) is 0 Å². The summed E-state index contributed by atoms with van der Waals surface area (Å²) in [5.41, 5.74) is 0. The molecule has 0 heterocycles. The Kier molecular flexibility index (Phi) is 43.8. The zero-order valence-corrected chi connectivity index (χ0v) is 27.5. The van der Waals surface area contributed by atoms with E-state index in [0.717, 1.165) is 0 Å². The summed E-state index contributed by atoms with van der Waals surface area (Å²) in [6.07, 6.45) is 25.5. The molecule has 0 aromatic rings. The van der Waals surface area contributed by atoms with Gasteiger partial charge in [0, 0.05) is 0 Å². The highest BCUT2D eigenvalue weighted by Gasteiger charge is 2.01. The van der Waals surface area contributed by atoms with Crippen LogP contribution < -0.4 is 0 Å². The lowest BCUT2D eigenvalue weighted by molar-refractivity contribution is 0.301. The molecule has 0 fully saturated rings. The second-order valence-electron chi connectivity index (χ2n) is 9.26. The van der Waals surface area contributed by atoms with Gasteiger partial charge in [-0.15, -0.1) is 0 Å². The Morgan fingerprint density at radius 2 is 0.531 bits per heavy atom. The van der Waals surface area contributed by atoms with Crippen LogP contribution in [0.4, 0.5) is 0 Å². The van der Waals surface area contributed by atoms with E-state index in [1.165, 1.54) is 142 Å². The lowest BCUT2D eigenvalue weighted by Crippen LogP contribution is -2.22. The number of nitrogens with zero attached hydrogens (tertiary/aromatic N) is 2. The third kappa shape index (κ3) is 36.0. The van der Waals surface area contributed by atoms with Gasteiger partial charge in [0.1, 0.15) is 0 Å². The smallest absolute Gasteiger partial charge is 0.00218 e. The van der Waals surface area contributed by atoms with E-state index in [9.17, 15) is 0 Å². The Morgan fingerprint density at radius 3 is 0.750 bits per heavy atom. The fourth-order valence-electron chi connectivity index (χ4n) is 4.02. The Morgan fingerprint density at radius 1 is 0.344 bits per heavy atom. The zero-order valence-electron chi connectivity index (χ0n) is 23.2. The first-order chi connectivity index (χ1) is 15.7. The first kappa shape index (κ1) is 37.9. The molecule has 32 heavy (non-hydrogen) atoms. The molecule has 0 bridgehead atoms. The van der Waals surface area contributed by atoms with Crippen LogP contribution in [0, 0.1) is 0 Å². The second-order valence-corrected chi connectivity index (χ2v) is 9.26. The molecule has 0 atom stereocenters. The van der Waals surface area contributed by atoms with Crippen LogP contribution in [0.1, 0.15) is 129 Å². The van der Waals surface area contributed by atoms with Gasteiger partial charge in [0.05, 0.1) is 0 Å². The van der Waals surface area contributed by atoms with Crippen molar-refractivity contribution in [2.24, 2.45) is 0 Å². The zero-order chi connectivity index (χ0) is 24.7. The van der Waals surface area contributed by atoms with E-state index >= 15 is 0 Å². The van der Waals surface area contributed by atoms with E-state index in [1.54, 1.807) is 0 Å². The van der Waals surface area contributed by atoms with Gasteiger partial charge in [0.25, 0.3) is 0 Å². The fraction of sp³-hybridized carbons (Fsp3) is 1.00. The molecule has 0 amide bonds. The molecule has 0 radical (unpaired) electrons. The quantitative estimate of drug-likeness (QED) is 0.0603. The molecule has 0 aromatic heterocycles. The fourth-order valence-corrected chi connectivity index (χ4v) is 4.02. The first-order valence-electron chi connectivity index (χ1n) is 13.8. The predicted molar refractivity (Wildman–Crippen MR) is 169 cm³/mol. The third-order valence-electron chi connectivity index (χ3n) is 6.12. The van der Waals surface area contributed by atoms with E-state index in [-0.39, 0.29) is 0 Å². The van der Waals surface area contributed by atoms with Crippen LogP contribution in [-0.2, 0) is 0 Å². The molecular weight excluding hydrogens is 618 g/mol. The molecule has 0 aromatic carbocycles. The van der Waals surface area contributed by atoms with Gasteiger partial charge < -0.3 is 9.80 Å². The summed E-state index contributed by atoms with van der Waals surface area (Å²) in [5, 5.41) is 0. The number of hydrogen-bond acceptors (Lipinski definition) is 2. The van der Waals surface area contributed by atoms with E-state index in [4.69, 9.17) is 0 Å². The summed E-state index contributed by atoms with van der Waals surface area (Å²) in [7, 11) is 4.63. The molecule has 0 saturated heterocycles. The number of unbranched alkanes of at least 4 members (excludes halogenated alkanes) is 15. The standard InChI is InChI=1S/C26H56N2.2CH3I/c1-5-7-9-11-13-15-19-23-27(3)25-21-17-18-22-26-28(4)24-20-16-14-12-10-8-6-2;2*1-2/h5-26H2,1-4H3;2*1H3. The normalized spacial score (nSPS) is 10.7. The largest absolute Gasteiger partial charge is 0.306 e. The van der Waals surface area contributed by atoms with Crippen molar-refractivity contribution in [1.29, 1.82) is 0 Å². The summed E-state index contributed by atoms with van der Waals surface area (Å²) < 4.78 is 0. The monoisotopic (exact) mass is 680 g/mol. The highest BCUT2D eigenvalue weighted by Crippen LogP contribution is 2.09. The molecule has 0 aliphatic carbocycles. The van der Waals surface area contributed by atoms with Crippen LogP contribution in [0.3, 0.4) is 0 Å². The molecular formula is C28H62I2N2. The van der Waals surface area contributed by atoms with Gasteiger partial charge in [-0.3, -0.25) is 0 Å². The van der Waals surface area contributed by atoms with Crippen molar-refractivity contribution in [1.82, 2.24) is 9.80 Å². The van der Waals surface area contributed by atoms with Crippen molar-refractivity contribution in [3.05, 3.63) is 0 Å². The summed E-state index contributed by atoms with van der Waals surface area (Å²) in [6.45, 7) is 9.78. The van der Waals surface area contributed by atoms with Crippen LogP contribution in [0.5, 0.6) is 0 Å². The Hall–Kier alpha value is 1.38. The molecule has 0 unspecified atom stereocenters. The average molecular weight is 681 g/mol. The van der Waals surface area contributed by atoms with Crippen LogP contribution in [0.15, 0.2) is 0 Å². The lowest BCUT2D eigenvalue weighted by atomic mass is 10.1. The molecule has 198 valence electrons. The predicted octanol–water partition coefficient (Wildman–Crippen LogP) is 10.0. The van der Waals surface area contributed by atoms with Crippen molar-refractivity contribution < 1.29 is 0 Å². The minimum atomic E-state index is 1.30. The van der Waals surface area contributed by atoms with Crippen LogP contribution >= 0.6 is 45.2 Å². The first-order valence-corrected chi connectivity index (χ1v) is 18.1. The maximum Gasteiger partial charge on any atom is -0.00218 e. The number of halogens is 2. The highest BCUT2D eigenvalue weighted by molar-refractivity contribution is 14.1. The molecule has 4 heteroatoms. The Labute approximate surface area is 233 Å². The van der Waals surface area contributed by atoms with Gasteiger partial charge in [-0.1, -0.05) is 149 Å². The molecule has 0 spiro atoms. The Bertz CT molecular complexity index is 263. The molecule has 0 rings (SSSR count). The minimum absolute atomic E-state index is 1.30. The third-order valence-corrected chi connectivity index (χ3v) is 6.12. The Balaban J connectivity index is -0.00000198. The molecule has 0 N–H and O–H groups in total. The molecule has 0 aliphatic heterocycles. The van der Waals surface area contributed by atoms with Gasteiger partial charge >= 0.3 is 0 Å². The van der Waals surface area contributed by atoms with E-state index in [2.05, 4.69) is 82.9 Å². The minimum Gasteiger partial charge on any atom is -0.306 e. The number of hydrogen-bond donors (Lipinski definition) is 0. The lowest BCUT2D eigenvalue weighted by Gasteiger charge is -2.17. The van der Waals surface area contributed by atoms with E-state index in [0.29, 0.717) is 0 Å². The number of rotatable bonds is 23. The van der Waals surface area contributed by atoms with Crippen LogP contribution in [-0.4, -0.2) is 59.9 Å². The van der Waals surface area contributed by atoms with E-state index in [1.807, 2.05) is 9.86 Å². The topological polar surface area (TPSA) is 6.48 Å². The summed E-state index contributed by atoms with van der Waals surface area (Å²) in [5.74, 6) is 0. The van der Waals surface area contributed by atoms with Crippen LogP contribution in [0.2, 0.25) is 0 Å². The maximum atomic E-state index is 2.55. The molecule has 0 aliphatic rings. The van der Waals surface area contributed by atoms with E-state index < -0.39 is 0 Å². The summed E-state index contributed by atoms with van der Waals surface area (Å²) >= 11 is 4.30. The second kappa shape index (κ2) is 36.9. The summed E-state index contributed by atoms with van der Waals surface area (Å²) in [4.78, 5) is 9.05. The highest BCUT2D eigenvalue weighted by atomic mass is 127. The van der Waals surface area contributed by atoms with Gasteiger partial charge in [0.15, 0.2) is 0 Å². The maximum absolute atomic E-state index is 2.55. The summed E-state index contributed by atoms with van der Waals surface area (Å²) in [6, 6.07) is 0. The molecule has 2 nitrogen and oxygen atoms in total. The van der Waals surface area contributed by atoms with Crippen molar-refractivity contribution in [3.63, 3.8) is 0 Å².